The van der Waals surface area contributed by atoms with Crippen molar-refractivity contribution in [1.29, 1.82) is 0 Å². The summed E-state index contributed by atoms with van der Waals surface area (Å²) in [5.74, 6) is 0. The van der Waals surface area contributed by atoms with Crippen molar-refractivity contribution in [2.75, 3.05) is 4.90 Å². The van der Waals surface area contributed by atoms with E-state index >= 15 is 0 Å². The lowest BCUT2D eigenvalue weighted by molar-refractivity contribution is 0.660. The quantitative estimate of drug-likeness (QED) is 0.174. The van der Waals surface area contributed by atoms with Crippen molar-refractivity contribution >= 4 is 81.3 Å². The molecule has 2 aromatic heterocycles. The van der Waals surface area contributed by atoms with Crippen LogP contribution >= 0.6 is 11.3 Å². The van der Waals surface area contributed by atoms with Crippen molar-refractivity contribution in [3.8, 4) is 33.4 Å². The van der Waals surface area contributed by atoms with E-state index < -0.39 is 0 Å². The number of benzene rings is 9. The predicted octanol–water partition coefficient (Wildman–Crippen LogP) is 16.2. The second-order valence-electron chi connectivity index (χ2n) is 16.0. The third kappa shape index (κ3) is 4.84. The highest BCUT2D eigenvalue weighted by molar-refractivity contribution is 7.26. The Kier molecular flexibility index (Phi) is 7.18. The van der Waals surface area contributed by atoms with Crippen LogP contribution in [0.1, 0.15) is 25.0 Å². The molecule has 0 saturated heterocycles. The highest BCUT2D eigenvalue weighted by atomic mass is 32.1. The Morgan fingerprint density at radius 1 is 0.448 bits per heavy atom. The number of hydrogen-bond donors (Lipinski definition) is 0. The van der Waals surface area contributed by atoms with Gasteiger partial charge in [-0.3, -0.25) is 0 Å². The van der Waals surface area contributed by atoms with Crippen LogP contribution < -0.4 is 4.90 Å². The molecule has 1 aliphatic rings. The molecule has 9 aromatic carbocycles. The lowest BCUT2D eigenvalue weighted by atomic mass is 9.82. The largest absolute Gasteiger partial charge is 0.455 e. The molecule has 0 fully saturated rings. The van der Waals surface area contributed by atoms with E-state index in [0.717, 1.165) is 44.4 Å². The molecule has 0 bridgehead atoms. The van der Waals surface area contributed by atoms with Gasteiger partial charge in [-0.2, -0.15) is 0 Å². The highest BCUT2D eigenvalue weighted by Crippen LogP contribution is 2.52. The molecule has 12 rings (SSSR count). The maximum Gasteiger partial charge on any atom is 0.143 e. The summed E-state index contributed by atoms with van der Waals surface area (Å²) < 4.78 is 9.53. The van der Waals surface area contributed by atoms with Crippen molar-refractivity contribution in [3.05, 3.63) is 199 Å². The number of anilines is 3. The standard InChI is InChI=1S/C55H37NOS/c1-55(2)47-24-12-11-20-39(47)40-30-28-37(32-48(40)55)56(36-17-7-4-8-18-36)49-25-14-26-50-52(49)46-33-45(38-19-9-10-21-42(38)53(46)57-50)44-23-13-22-43-41-29-27-35(31-51(41)58-54(43)44)34-15-5-3-6-16-34/h3-33H,1-2H3. The smallest absolute Gasteiger partial charge is 0.143 e. The number of rotatable bonds is 5. The molecule has 0 N–H and O–H groups in total. The summed E-state index contributed by atoms with van der Waals surface area (Å²) in [6, 6.07) is 68.7. The highest BCUT2D eigenvalue weighted by Gasteiger charge is 2.36. The minimum Gasteiger partial charge on any atom is -0.455 e. The summed E-state index contributed by atoms with van der Waals surface area (Å²) in [6.45, 7) is 4.70. The van der Waals surface area contributed by atoms with E-state index in [4.69, 9.17) is 4.42 Å². The van der Waals surface area contributed by atoms with Gasteiger partial charge in [-0.25, -0.2) is 0 Å². The first-order chi connectivity index (χ1) is 28.5. The lowest BCUT2D eigenvalue weighted by Gasteiger charge is -2.28. The fourth-order valence-electron chi connectivity index (χ4n) is 9.70. The Morgan fingerprint density at radius 2 is 1.16 bits per heavy atom. The van der Waals surface area contributed by atoms with E-state index in [9.17, 15) is 0 Å². The van der Waals surface area contributed by atoms with Gasteiger partial charge in [0.15, 0.2) is 0 Å². The van der Waals surface area contributed by atoms with Gasteiger partial charge in [-0.15, -0.1) is 11.3 Å². The van der Waals surface area contributed by atoms with Gasteiger partial charge in [0.1, 0.15) is 11.2 Å². The van der Waals surface area contributed by atoms with Gasteiger partial charge in [0.05, 0.1) is 11.1 Å². The number of furan rings is 1. The number of nitrogens with zero attached hydrogens (tertiary/aromatic N) is 1. The van der Waals surface area contributed by atoms with Crippen LogP contribution in [0, 0.1) is 0 Å². The summed E-state index contributed by atoms with van der Waals surface area (Å²) in [4.78, 5) is 2.42. The first-order valence-electron chi connectivity index (χ1n) is 20.0. The molecule has 0 saturated carbocycles. The maximum atomic E-state index is 6.94. The van der Waals surface area contributed by atoms with Crippen molar-refractivity contribution in [2.24, 2.45) is 0 Å². The van der Waals surface area contributed by atoms with Gasteiger partial charge in [0, 0.05) is 53.3 Å². The van der Waals surface area contributed by atoms with Gasteiger partial charge >= 0.3 is 0 Å². The third-order valence-electron chi connectivity index (χ3n) is 12.5. The summed E-state index contributed by atoms with van der Waals surface area (Å²) in [7, 11) is 0. The zero-order valence-corrected chi connectivity index (χ0v) is 33.0. The summed E-state index contributed by atoms with van der Waals surface area (Å²) in [6.07, 6.45) is 0. The van der Waals surface area contributed by atoms with Gasteiger partial charge in [-0.05, 0) is 92.9 Å². The van der Waals surface area contributed by atoms with Gasteiger partial charge in [0.2, 0.25) is 0 Å². The second kappa shape index (κ2) is 12.5. The van der Waals surface area contributed by atoms with Crippen LogP contribution in [-0.2, 0) is 5.41 Å². The molecular formula is C55H37NOS. The van der Waals surface area contributed by atoms with E-state index in [1.165, 1.54) is 70.1 Å². The fourth-order valence-corrected chi connectivity index (χ4v) is 11.0. The van der Waals surface area contributed by atoms with Gasteiger partial charge < -0.3 is 9.32 Å². The molecule has 2 nitrogen and oxygen atoms in total. The van der Waals surface area contributed by atoms with E-state index in [1.807, 2.05) is 11.3 Å². The van der Waals surface area contributed by atoms with Crippen LogP contribution in [0.2, 0.25) is 0 Å². The monoisotopic (exact) mass is 759 g/mol. The van der Waals surface area contributed by atoms with Crippen LogP contribution in [-0.4, -0.2) is 0 Å². The van der Waals surface area contributed by atoms with Gasteiger partial charge in [-0.1, -0.05) is 153 Å². The van der Waals surface area contributed by atoms with Crippen molar-refractivity contribution in [2.45, 2.75) is 19.3 Å². The van der Waals surface area contributed by atoms with Crippen molar-refractivity contribution < 1.29 is 4.42 Å². The lowest BCUT2D eigenvalue weighted by Crippen LogP contribution is -2.16. The van der Waals surface area contributed by atoms with Gasteiger partial charge in [0.25, 0.3) is 0 Å². The first-order valence-corrected chi connectivity index (χ1v) is 20.8. The maximum absolute atomic E-state index is 6.94. The molecule has 0 aliphatic heterocycles. The third-order valence-corrected chi connectivity index (χ3v) is 13.7. The Bertz CT molecular complexity index is 3430. The Labute approximate surface area is 340 Å². The molecule has 0 unspecified atom stereocenters. The fraction of sp³-hybridized carbons (Fsp3) is 0.0545. The average Bonchev–Trinajstić information content (AvgIpc) is 3.92. The second-order valence-corrected chi connectivity index (χ2v) is 17.1. The molecule has 3 heteroatoms. The molecule has 0 spiro atoms. The number of para-hydroxylation sites is 1. The molecule has 11 aromatic rings. The summed E-state index contributed by atoms with van der Waals surface area (Å²) in [5, 5.41) is 7.10. The predicted molar refractivity (Wildman–Crippen MR) is 247 cm³/mol. The molecule has 2 heterocycles. The van der Waals surface area contributed by atoms with E-state index in [-0.39, 0.29) is 5.41 Å². The van der Waals surface area contributed by atoms with Crippen molar-refractivity contribution in [1.82, 2.24) is 0 Å². The zero-order valence-electron chi connectivity index (χ0n) is 32.2. The van der Waals surface area contributed by atoms with Crippen LogP contribution in [0.5, 0.6) is 0 Å². The van der Waals surface area contributed by atoms with Crippen LogP contribution in [0.3, 0.4) is 0 Å². The van der Waals surface area contributed by atoms with E-state index in [1.54, 1.807) is 0 Å². The number of hydrogen-bond acceptors (Lipinski definition) is 3. The summed E-state index contributed by atoms with van der Waals surface area (Å²) >= 11 is 1.89. The number of thiophene rings is 1. The molecule has 58 heavy (non-hydrogen) atoms. The first kappa shape index (κ1) is 33.2. The Balaban J connectivity index is 1.10. The molecular weight excluding hydrogens is 723 g/mol. The minimum atomic E-state index is -0.122. The zero-order chi connectivity index (χ0) is 38.5. The van der Waals surface area contributed by atoms with Crippen LogP contribution in [0.15, 0.2) is 192 Å². The van der Waals surface area contributed by atoms with E-state index in [2.05, 4.69) is 207 Å². The Hall–Kier alpha value is -6.94. The Morgan fingerprint density at radius 3 is 2.02 bits per heavy atom. The molecule has 0 radical (unpaired) electrons. The molecule has 0 atom stereocenters. The topological polar surface area (TPSA) is 16.4 Å². The minimum absolute atomic E-state index is 0.122. The van der Waals surface area contributed by atoms with E-state index in [0.29, 0.717) is 0 Å². The average molecular weight is 760 g/mol. The molecule has 1 aliphatic carbocycles. The van der Waals surface area contributed by atoms with Crippen molar-refractivity contribution in [3.63, 3.8) is 0 Å². The normalized spacial score (nSPS) is 13.1. The SMILES string of the molecule is CC1(C)c2ccccc2-c2ccc(N(c3ccccc3)c3cccc4oc5c6ccccc6c(-c6cccc7c6sc6cc(-c8ccccc8)ccc67)cc5c34)cc21. The van der Waals surface area contributed by atoms with Crippen LogP contribution in [0.4, 0.5) is 17.1 Å². The number of fused-ring (bicyclic) bond motifs is 11. The summed E-state index contributed by atoms with van der Waals surface area (Å²) in [5.41, 5.74) is 15.3. The molecule has 274 valence electrons. The molecule has 0 amide bonds. The van der Waals surface area contributed by atoms with Crippen LogP contribution in [0.25, 0.3) is 86.3 Å².